The molecule has 1 aromatic carbocycles. The summed E-state index contributed by atoms with van der Waals surface area (Å²) in [7, 11) is 3.63. The highest BCUT2D eigenvalue weighted by molar-refractivity contribution is 6.04. The average Bonchev–Trinajstić information content (AvgIpc) is 2.53. The van der Waals surface area contributed by atoms with Gasteiger partial charge in [-0.1, -0.05) is 0 Å². The number of carboxylic acid groups (broad SMARTS) is 1. The lowest BCUT2D eigenvalue weighted by molar-refractivity contribution is -0.150. The van der Waals surface area contributed by atoms with Crippen LogP contribution in [0.3, 0.4) is 0 Å². The molecule has 1 fully saturated rings. The minimum atomic E-state index is -1.43. The van der Waals surface area contributed by atoms with Crippen LogP contribution in [0, 0.1) is 0 Å². The Kier molecular flexibility index (Phi) is 5.56. The Hall–Kier alpha value is -1.99. The summed E-state index contributed by atoms with van der Waals surface area (Å²) in [6, 6.07) is 3.59. The lowest BCUT2D eigenvalue weighted by atomic mass is 9.99. The largest absolute Gasteiger partial charge is 0.497 e. The quantitative estimate of drug-likeness (QED) is 0.803. The predicted octanol–water partition coefficient (Wildman–Crippen LogP) is 0.826. The molecule has 24 heavy (non-hydrogen) atoms. The van der Waals surface area contributed by atoms with Gasteiger partial charge in [-0.15, -0.1) is 12.4 Å². The Morgan fingerprint density at radius 3 is 2.54 bits per heavy atom. The number of carbonyl (C=O) groups is 2. The topological polar surface area (TPSA) is 79.3 Å². The van der Waals surface area contributed by atoms with E-state index >= 15 is 0 Å². The van der Waals surface area contributed by atoms with Gasteiger partial charge in [0.1, 0.15) is 11.5 Å². The molecule has 0 spiro atoms. The maximum Gasteiger partial charge on any atom is 0.352 e. The first-order chi connectivity index (χ1) is 11.0. The molecule has 1 aromatic rings. The van der Waals surface area contributed by atoms with Gasteiger partial charge in [0.05, 0.1) is 12.8 Å². The van der Waals surface area contributed by atoms with Crippen molar-refractivity contribution in [2.24, 2.45) is 0 Å². The Labute approximate surface area is 146 Å². The van der Waals surface area contributed by atoms with Crippen LogP contribution >= 0.6 is 12.4 Å². The zero-order chi connectivity index (χ0) is 16.6. The molecule has 132 valence electrons. The third-order valence-corrected chi connectivity index (χ3v) is 4.32. The molecule has 2 aliphatic heterocycles. The number of aliphatic carboxylic acids is 1. The molecule has 0 saturated carbocycles. The summed E-state index contributed by atoms with van der Waals surface area (Å²) in [6.45, 7) is 3.44. The monoisotopic (exact) mass is 356 g/mol. The van der Waals surface area contributed by atoms with Crippen molar-refractivity contribution in [2.75, 3.05) is 45.2 Å². The maximum atomic E-state index is 12.0. The van der Waals surface area contributed by atoms with Crippen LogP contribution in [0.1, 0.15) is 5.56 Å². The van der Waals surface area contributed by atoms with Crippen molar-refractivity contribution in [3.8, 4) is 11.5 Å². The lowest BCUT2D eigenvalue weighted by Gasteiger charge is -2.36. The van der Waals surface area contributed by atoms with Gasteiger partial charge in [0.15, 0.2) is 5.78 Å². The SMILES string of the molecule is COc1cc2c(c(N3CCN(C)CC3)c1)OC(C(=O)O)C(=O)C2.Cl. The number of carboxylic acids is 1. The van der Waals surface area contributed by atoms with Crippen LogP contribution in [0.25, 0.3) is 0 Å². The molecule has 0 aromatic heterocycles. The van der Waals surface area contributed by atoms with Gasteiger partial charge in [0.25, 0.3) is 6.10 Å². The van der Waals surface area contributed by atoms with Crippen molar-refractivity contribution >= 4 is 29.8 Å². The van der Waals surface area contributed by atoms with Crippen LogP contribution in [0.4, 0.5) is 5.69 Å². The minimum Gasteiger partial charge on any atom is -0.497 e. The van der Waals surface area contributed by atoms with Crippen LogP contribution in [-0.2, 0) is 16.0 Å². The molecule has 1 N–H and O–H groups in total. The second kappa shape index (κ2) is 7.27. The summed E-state index contributed by atoms with van der Waals surface area (Å²) in [5.41, 5.74) is 1.48. The smallest absolute Gasteiger partial charge is 0.352 e. The van der Waals surface area contributed by atoms with Gasteiger partial charge in [-0.2, -0.15) is 0 Å². The van der Waals surface area contributed by atoms with E-state index in [1.165, 1.54) is 0 Å². The number of carbonyl (C=O) groups excluding carboxylic acids is 1. The Morgan fingerprint density at radius 1 is 1.29 bits per heavy atom. The minimum absolute atomic E-state index is 0. The van der Waals surface area contributed by atoms with Gasteiger partial charge in [-0.25, -0.2) is 4.79 Å². The third kappa shape index (κ3) is 3.42. The molecule has 1 unspecified atom stereocenters. The molecular weight excluding hydrogens is 336 g/mol. The van der Waals surface area contributed by atoms with Crippen LogP contribution in [0.5, 0.6) is 11.5 Å². The van der Waals surface area contributed by atoms with Crippen molar-refractivity contribution < 1.29 is 24.2 Å². The van der Waals surface area contributed by atoms with E-state index in [1.807, 2.05) is 6.07 Å². The molecule has 2 aliphatic rings. The van der Waals surface area contributed by atoms with Gasteiger partial charge < -0.3 is 24.4 Å². The number of methoxy groups -OCH3 is 1. The normalized spacial score (nSPS) is 20.7. The van der Waals surface area contributed by atoms with Crippen molar-refractivity contribution in [1.29, 1.82) is 0 Å². The predicted molar refractivity (Wildman–Crippen MR) is 90.7 cm³/mol. The van der Waals surface area contributed by atoms with Crippen LogP contribution in [0.2, 0.25) is 0 Å². The second-order valence-electron chi connectivity index (χ2n) is 5.90. The number of benzene rings is 1. The van der Waals surface area contributed by atoms with Gasteiger partial charge >= 0.3 is 5.97 Å². The molecular formula is C16H21ClN2O5. The van der Waals surface area contributed by atoms with Crippen LogP contribution in [0.15, 0.2) is 12.1 Å². The first-order valence-electron chi connectivity index (χ1n) is 7.56. The van der Waals surface area contributed by atoms with Crippen molar-refractivity contribution in [1.82, 2.24) is 4.90 Å². The third-order valence-electron chi connectivity index (χ3n) is 4.32. The second-order valence-corrected chi connectivity index (χ2v) is 5.90. The zero-order valence-corrected chi connectivity index (χ0v) is 14.5. The number of halogens is 1. The number of hydrogen-bond donors (Lipinski definition) is 1. The fourth-order valence-corrected chi connectivity index (χ4v) is 2.96. The summed E-state index contributed by atoms with van der Waals surface area (Å²) in [4.78, 5) is 27.6. The zero-order valence-electron chi connectivity index (χ0n) is 13.7. The molecule has 8 heteroatoms. The number of ether oxygens (including phenoxy) is 2. The maximum absolute atomic E-state index is 12.0. The van der Waals surface area contributed by atoms with E-state index < -0.39 is 17.9 Å². The summed E-state index contributed by atoms with van der Waals surface area (Å²) in [5, 5.41) is 9.18. The van der Waals surface area contributed by atoms with Gasteiger partial charge in [0.2, 0.25) is 0 Å². The van der Waals surface area contributed by atoms with Crippen LogP contribution < -0.4 is 14.4 Å². The van der Waals surface area contributed by atoms with E-state index in [-0.39, 0.29) is 18.8 Å². The van der Waals surface area contributed by atoms with E-state index in [9.17, 15) is 14.7 Å². The molecule has 3 rings (SSSR count). The highest BCUT2D eigenvalue weighted by Gasteiger charge is 2.36. The number of nitrogens with zero attached hydrogens (tertiary/aromatic N) is 2. The molecule has 0 radical (unpaired) electrons. The summed E-state index contributed by atoms with van der Waals surface area (Å²) in [6.07, 6.45) is -1.38. The van der Waals surface area contributed by atoms with Gasteiger partial charge in [-0.3, -0.25) is 4.79 Å². The van der Waals surface area contributed by atoms with E-state index in [1.54, 1.807) is 13.2 Å². The summed E-state index contributed by atoms with van der Waals surface area (Å²) < 4.78 is 10.9. The number of likely N-dealkylation sites (N-methyl/N-ethyl adjacent to an activating group) is 1. The number of ketones is 1. The van der Waals surface area contributed by atoms with Crippen LogP contribution in [-0.4, -0.2) is 68.2 Å². The van der Waals surface area contributed by atoms with E-state index in [0.29, 0.717) is 17.1 Å². The molecule has 0 amide bonds. The molecule has 1 atom stereocenters. The number of Topliss-reactive ketones (excluding diaryl/α,β-unsaturated/α-hetero) is 1. The Balaban J connectivity index is 0.00000208. The first kappa shape index (κ1) is 18.4. The standard InChI is InChI=1S/C16H20N2O5.ClH/c1-17-3-5-18(6-4-17)12-9-11(22-2)7-10-8-13(19)15(16(20)21)23-14(10)12;/h7,9,15H,3-6,8H2,1-2H3,(H,20,21);1H. The van der Waals surface area contributed by atoms with Gasteiger partial charge in [0, 0.05) is 44.2 Å². The highest BCUT2D eigenvalue weighted by atomic mass is 35.5. The Bertz CT molecular complexity index is 644. The van der Waals surface area contributed by atoms with Crippen molar-refractivity contribution in [3.63, 3.8) is 0 Å². The number of anilines is 1. The fraction of sp³-hybridized carbons (Fsp3) is 0.500. The molecule has 2 heterocycles. The average molecular weight is 357 g/mol. The Morgan fingerprint density at radius 2 is 1.96 bits per heavy atom. The molecule has 0 aliphatic carbocycles. The molecule has 1 saturated heterocycles. The fourth-order valence-electron chi connectivity index (χ4n) is 2.96. The van der Waals surface area contributed by atoms with Crippen molar-refractivity contribution in [2.45, 2.75) is 12.5 Å². The summed E-state index contributed by atoms with van der Waals surface area (Å²) in [5.74, 6) is -0.561. The first-order valence-corrected chi connectivity index (χ1v) is 7.56. The number of hydrogen-bond acceptors (Lipinski definition) is 6. The molecule has 0 bridgehead atoms. The lowest BCUT2D eigenvalue weighted by Crippen LogP contribution is -2.45. The van der Waals surface area contributed by atoms with Crippen molar-refractivity contribution in [3.05, 3.63) is 17.7 Å². The summed E-state index contributed by atoms with van der Waals surface area (Å²) >= 11 is 0. The molecule has 7 nitrogen and oxygen atoms in total. The van der Waals surface area contributed by atoms with E-state index in [0.717, 1.165) is 31.9 Å². The number of fused-ring (bicyclic) bond motifs is 1. The number of piperazine rings is 1. The highest BCUT2D eigenvalue weighted by Crippen LogP contribution is 2.40. The van der Waals surface area contributed by atoms with Gasteiger partial charge in [-0.05, 0) is 13.1 Å². The van der Waals surface area contributed by atoms with E-state index in [4.69, 9.17) is 9.47 Å². The number of rotatable bonds is 3. The van der Waals surface area contributed by atoms with E-state index in [2.05, 4.69) is 16.8 Å².